The van der Waals surface area contributed by atoms with E-state index in [1.165, 1.54) is 12.3 Å². The Hall–Kier alpha value is -1.31. The van der Waals surface area contributed by atoms with Crippen LogP contribution in [0.15, 0.2) is 22.8 Å². The average molecular weight is 229 g/mol. The van der Waals surface area contributed by atoms with Gasteiger partial charge in [0.2, 0.25) is 5.95 Å². The Labute approximate surface area is 91.2 Å². The monoisotopic (exact) mass is 228 g/mol. The molecule has 0 atom stereocenters. The molecule has 0 amide bonds. The highest BCUT2D eigenvalue weighted by atomic mass is 35.5. The van der Waals surface area contributed by atoms with Crippen LogP contribution in [0, 0.1) is 11.3 Å². The molecule has 0 saturated heterocycles. The largest absolute Gasteiger partial charge is 0.351 e. The van der Waals surface area contributed by atoms with Gasteiger partial charge < -0.3 is 5.32 Å². The minimum Gasteiger partial charge on any atom is -0.351 e. The fourth-order valence-electron chi connectivity index (χ4n) is 0.726. The van der Waals surface area contributed by atoms with Crippen molar-refractivity contribution in [2.75, 3.05) is 11.9 Å². The number of hydrogen-bond acceptors (Lipinski definition) is 4. The minimum absolute atomic E-state index is 0.175. The summed E-state index contributed by atoms with van der Waals surface area (Å²) in [4.78, 5) is 7.78. The minimum atomic E-state index is 0.175. The summed E-state index contributed by atoms with van der Waals surface area (Å²) in [5, 5.41) is 11.4. The van der Waals surface area contributed by atoms with Gasteiger partial charge in [-0.15, -0.1) is 0 Å². The molecule has 0 spiro atoms. The van der Waals surface area contributed by atoms with Gasteiger partial charge in [-0.05, 0) is 12.1 Å². The third kappa shape index (κ3) is 3.60. The van der Waals surface area contributed by atoms with Gasteiger partial charge in [0.05, 0.1) is 0 Å². The van der Waals surface area contributed by atoms with Crippen LogP contribution in [0.4, 0.5) is 5.95 Å². The number of rotatable bonds is 3. The van der Waals surface area contributed by atoms with Gasteiger partial charge in [-0.2, -0.15) is 5.26 Å². The molecule has 0 bridgehead atoms. The Bertz CT molecular complexity index is 379. The highest BCUT2D eigenvalue weighted by Gasteiger charge is 1.95. The first-order chi connectivity index (χ1) is 6.72. The molecule has 0 radical (unpaired) electrons. The second-order valence-corrected chi connectivity index (χ2v) is 3.26. The Morgan fingerprint density at radius 2 is 2.43 bits per heavy atom. The van der Waals surface area contributed by atoms with Crippen molar-refractivity contribution in [2.45, 2.75) is 0 Å². The molecule has 6 heteroatoms. The lowest BCUT2D eigenvalue weighted by atomic mass is 10.4. The fraction of sp³-hybridized carbons (Fsp3) is 0.125. The van der Waals surface area contributed by atoms with E-state index in [-0.39, 0.29) is 4.49 Å². The molecule has 0 unspecified atom stereocenters. The van der Waals surface area contributed by atoms with E-state index >= 15 is 0 Å². The van der Waals surface area contributed by atoms with E-state index < -0.39 is 0 Å². The van der Waals surface area contributed by atoms with E-state index in [0.29, 0.717) is 18.2 Å². The summed E-state index contributed by atoms with van der Waals surface area (Å²) in [5.74, 6) is 0.370. The van der Waals surface area contributed by atoms with Gasteiger partial charge in [0, 0.05) is 12.7 Å². The summed E-state index contributed by atoms with van der Waals surface area (Å²) in [5.41, 5.74) is 0.309. The van der Waals surface area contributed by atoms with E-state index in [2.05, 4.69) is 15.3 Å². The van der Waals surface area contributed by atoms with Crippen LogP contribution in [0.2, 0.25) is 0 Å². The van der Waals surface area contributed by atoms with E-state index in [4.69, 9.17) is 28.5 Å². The van der Waals surface area contributed by atoms with Crippen molar-refractivity contribution in [3.63, 3.8) is 0 Å². The zero-order valence-electron chi connectivity index (χ0n) is 7.04. The lowest BCUT2D eigenvalue weighted by Crippen LogP contribution is -2.03. The molecule has 0 aliphatic rings. The van der Waals surface area contributed by atoms with E-state index in [1.807, 2.05) is 6.07 Å². The quantitative estimate of drug-likeness (QED) is 0.861. The first-order valence-electron chi connectivity index (χ1n) is 3.70. The highest BCUT2D eigenvalue weighted by Crippen LogP contribution is 2.05. The molecule has 1 heterocycles. The summed E-state index contributed by atoms with van der Waals surface area (Å²) in [6.45, 7) is 0.414. The van der Waals surface area contributed by atoms with E-state index in [9.17, 15) is 0 Å². The molecular weight excluding hydrogens is 223 g/mol. The lowest BCUT2D eigenvalue weighted by molar-refractivity contribution is 1.10. The summed E-state index contributed by atoms with van der Waals surface area (Å²) >= 11 is 10.8. The molecule has 1 N–H and O–H groups in total. The number of anilines is 1. The molecule has 0 fully saturated rings. The summed E-state index contributed by atoms with van der Waals surface area (Å²) < 4.78 is 0.175. The van der Waals surface area contributed by atoms with Gasteiger partial charge >= 0.3 is 0 Å². The Kier molecular flexibility index (Phi) is 4.17. The van der Waals surface area contributed by atoms with Gasteiger partial charge in [-0.3, -0.25) is 0 Å². The number of hydrogen-bond donors (Lipinski definition) is 1. The lowest BCUT2D eigenvalue weighted by Gasteiger charge is -1.99. The molecule has 0 aliphatic heterocycles. The summed E-state index contributed by atoms with van der Waals surface area (Å²) in [7, 11) is 0. The second kappa shape index (κ2) is 5.43. The third-order valence-electron chi connectivity index (χ3n) is 1.29. The fourth-order valence-corrected chi connectivity index (χ4v) is 0.880. The standard InChI is InChI=1S/C8H6Cl2N4/c9-7(10)2-4-13-8-12-3-1-6(5-11)14-8/h1-3H,4H2,(H,12,13,14). The van der Waals surface area contributed by atoms with Gasteiger partial charge in [0.15, 0.2) is 0 Å². The van der Waals surface area contributed by atoms with Crippen molar-refractivity contribution >= 4 is 29.2 Å². The molecule has 1 rings (SSSR count). The number of aromatic nitrogens is 2. The van der Waals surface area contributed by atoms with E-state index in [1.54, 1.807) is 6.08 Å². The van der Waals surface area contributed by atoms with Crippen LogP contribution in [-0.4, -0.2) is 16.5 Å². The van der Waals surface area contributed by atoms with Crippen LogP contribution in [0.25, 0.3) is 0 Å². The number of halogens is 2. The predicted octanol–water partition coefficient (Wildman–Crippen LogP) is 2.08. The number of nitriles is 1. The zero-order chi connectivity index (χ0) is 10.4. The second-order valence-electron chi connectivity index (χ2n) is 2.25. The molecule has 0 saturated carbocycles. The van der Waals surface area contributed by atoms with Gasteiger partial charge in [0.25, 0.3) is 0 Å². The van der Waals surface area contributed by atoms with Crippen molar-refractivity contribution in [2.24, 2.45) is 0 Å². The smallest absolute Gasteiger partial charge is 0.224 e. The van der Waals surface area contributed by atoms with Crippen LogP contribution in [0.3, 0.4) is 0 Å². The van der Waals surface area contributed by atoms with Crippen molar-refractivity contribution in [1.29, 1.82) is 5.26 Å². The number of nitrogens with zero attached hydrogens (tertiary/aromatic N) is 3. The molecule has 0 aromatic carbocycles. The molecule has 1 aromatic heterocycles. The predicted molar refractivity (Wildman–Crippen MR) is 55.0 cm³/mol. The maximum Gasteiger partial charge on any atom is 0.224 e. The first kappa shape index (κ1) is 10.8. The number of nitrogens with one attached hydrogen (secondary N) is 1. The summed E-state index contributed by atoms with van der Waals surface area (Å²) in [6.07, 6.45) is 3.06. The SMILES string of the molecule is N#Cc1ccnc(NCC=C(Cl)Cl)n1. The zero-order valence-corrected chi connectivity index (χ0v) is 8.55. The molecule has 72 valence electrons. The highest BCUT2D eigenvalue weighted by molar-refractivity contribution is 6.55. The Balaban J connectivity index is 2.60. The Morgan fingerprint density at radius 3 is 3.07 bits per heavy atom. The molecule has 0 aliphatic carbocycles. The molecule has 1 aromatic rings. The molecular formula is C8H6Cl2N4. The van der Waals surface area contributed by atoms with Crippen LogP contribution in [0.1, 0.15) is 5.69 Å². The molecule has 14 heavy (non-hydrogen) atoms. The van der Waals surface area contributed by atoms with Crippen molar-refractivity contribution in [3.05, 3.63) is 28.5 Å². The Morgan fingerprint density at radius 1 is 1.64 bits per heavy atom. The average Bonchev–Trinajstić information content (AvgIpc) is 2.18. The summed E-state index contributed by atoms with van der Waals surface area (Å²) in [6, 6.07) is 3.43. The van der Waals surface area contributed by atoms with Crippen LogP contribution >= 0.6 is 23.2 Å². The van der Waals surface area contributed by atoms with E-state index in [0.717, 1.165) is 0 Å². The maximum absolute atomic E-state index is 8.55. The van der Waals surface area contributed by atoms with Gasteiger partial charge in [0.1, 0.15) is 16.3 Å². The van der Waals surface area contributed by atoms with Crippen molar-refractivity contribution in [3.8, 4) is 6.07 Å². The first-order valence-corrected chi connectivity index (χ1v) is 4.46. The van der Waals surface area contributed by atoms with Crippen LogP contribution < -0.4 is 5.32 Å². The van der Waals surface area contributed by atoms with Gasteiger partial charge in [-0.25, -0.2) is 9.97 Å². The van der Waals surface area contributed by atoms with Crippen LogP contribution in [-0.2, 0) is 0 Å². The van der Waals surface area contributed by atoms with Crippen LogP contribution in [0.5, 0.6) is 0 Å². The third-order valence-corrected chi connectivity index (χ3v) is 1.60. The van der Waals surface area contributed by atoms with Gasteiger partial charge in [-0.1, -0.05) is 23.2 Å². The van der Waals surface area contributed by atoms with Crippen molar-refractivity contribution in [1.82, 2.24) is 9.97 Å². The maximum atomic E-state index is 8.55. The molecule has 4 nitrogen and oxygen atoms in total. The van der Waals surface area contributed by atoms with Crippen molar-refractivity contribution < 1.29 is 0 Å². The normalized spacial score (nSPS) is 8.93. The topological polar surface area (TPSA) is 61.6 Å².